The average Bonchev–Trinajstić information content (AvgIpc) is 2.62. The molecular formula is C19H15NO3. The van der Waals surface area contributed by atoms with Crippen LogP contribution >= 0.6 is 0 Å². The van der Waals surface area contributed by atoms with Crippen LogP contribution in [0, 0.1) is 0 Å². The molecule has 0 aliphatic rings. The van der Waals surface area contributed by atoms with Crippen LogP contribution in [0.4, 0.5) is 0 Å². The van der Waals surface area contributed by atoms with Crippen molar-refractivity contribution in [3.63, 3.8) is 0 Å². The van der Waals surface area contributed by atoms with E-state index in [2.05, 4.69) is 4.98 Å². The minimum atomic E-state index is -0.411. The smallest absolute Gasteiger partial charge is 0.343 e. The van der Waals surface area contributed by atoms with Gasteiger partial charge in [0.05, 0.1) is 5.56 Å². The number of nitrogens with zero attached hydrogens (tertiary/aromatic N) is 1. The highest BCUT2D eigenvalue weighted by Gasteiger charge is 2.08. The van der Waals surface area contributed by atoms with E-state index in [1.165, 1.54) is 0 Å². The summed E-state index contributed by atoms with van der Waals surface area (Å²) in [6.45, 7) is 0.407. The van der Waals surface area contributed by atoms with Gasteiger partial charge < -0.3 is 9.47 Å². The van der Waals surface area contributed by atoms with Gasteiger partial charge in [0.25, 0.3) is 0 Å². The zero-order chi connectivity index (χ0) is 15.9. The predicted octanol–water partition coefficient (Wildman–Crippen LogP) is 3.88. The summed E-state index contributed by atoms with van der Waals surface area (Å²) in [5.74, 6) is 0.398. The Morgan fingerprint density at radius 1 is 0.913 bits per heavy atom. The van der Waals surface area contributed by atoms with Crippen molar-refractivity contribution in [3.8, 4) is 11.6 Å². The summed E-state index contributed by atoms with van der Waals surface area (Å²) in [7, 11) is 0. The van der Waals surface area contributed by atoms with Gasteiger partial charge in [-0.1, -0.05) is 48.5 Å². The highest BCUT2D eigenvalue weighted by Crippen LogP contribution is 2.18. The van der Waals surface area contributed by atoms with Gasteiger partial charge in [0, 0.05) is 12.3 Å². The van der Waals surface area contributed by atoms with E-state index in [4.69, 9.17) is 9.47 Å². The van der Waals surface area contributed by atoms with Gasteiger partial charge in [-0.25, -0.2) is 9.78 Å². The van der Waals surface area contributed by atoms with Crippen molar-refractivity contribution in [2.24, 2.45) is 0 Å². The molecule has 0 amide bonds. The lowest BCUT2D eigenvalue weighted by Gasteiger charge is -2.08. The first-order chi connectivity index (χ1) is 11.3. The third-order valence-electron chi connectivity index (χ3n) is 3.16. The van der Waals surface area contributed by atoms with E-state index in [1.54, 1.807) is 42.6 Å². The van der Waals surface area contributed by atoms with E-state index in [1.807, 2.05) is 36.4 Å². The molecule has 1 aromatic heterocycles. The van der Waals surface area contributed by atoms with Crippen LogP contribution in [-0.2, 0) is 6.61 Å². The number of benzene rings is 2. The number of esters is 1. The number of carbonyl (C=O) groups is 1. The molecule has 3 rings (SSSR count). The first kappa shape index (κ1) is 14.8. The molecule has 0 aliphatic carbocycles. The van der Waals surface area contributed by atoms with Crippen molar-refractivity contribution in [2.75, 3.05) is 0 Å². The third kappa shape index (κ3) is 4.17. The molecule has 0 saturated heterocycles. The van der Waals surface area contributed by atoms with Crippen LogP contribution in [0.3, 0.4) is 0 Å². The van der Waals surface area contributed by atoms with Gasteiger partial charge in [0.2, 0.25) is 5.88 Å². The SMILES string of the molecule is O=C(Oc1ccnc(OCc2ccccc2)c1)c1ccccc1. The molecule has 4 nitrogen and oxygen atoms in total. The Bertz CT molecular complexity index is 773. The minimum Gasteiger partial charge on any atom is -0.473 e. The average molecular weight is 305 g/mol. The molecule has 0 radical (unpaired) electrons. The Morgan fingerprint density at radius 2 is 1.61 bits per heavy atom. The summed E-state index contributed by atoms with van der Waals surface area (Å²) < 4.78 is 11.0. The summed E-state index contributed by atoms with van der Waals surface area (Å²) >= 11 is 0. The quantitative estimate of drug-likeness (QED) is 0.671. The number of hydrogen-bond acceptors (Lipinski definition) is 4. The summed E-state index contributed by atoms with van der Waals surface area (Å²) in [6, 6.07) is 21.8. The van der Waals surface area contributed by atoms with E-state index in [-0.39, 0.29) is 0 Å². The van der Waals surface area contributed by atoms with E-state index in [0.29, 0.717) is 23.8 Å². The molecule has 1 heterocycles. The maximum Gasteiger partial charge on any atom is 0.343 e. The molecule has 2 aromatic carbocycles. The molecule has 0 saturated carbocycles. The predicted molar refractivity (Wildman–Crippen MR) is 86.4 cm³/mol. The highest BCUT2D eigenvalue weighted by molar-refractivity contribution is 5.90. The molecule has 3 aromatic rings. The number of carbonyl (C=O) groups excluding carboxylic acids is 1. The van der Waals surface area contributed by atoms with Crippen molar-refractivity contribution >= 4 is 5.97 Å². The van der Waals surface area contributed by atoms with Crippen LogP contribution in [0.15, 0.2) is 79.0 Å². The standard InChI is InChI=1S/C19H15NO3/c21-19(16-9-5-2-6-10-16)23-17-11-12-20-18(13-17)22-14-15-7-3-1-4-8-15/h1-13H,14H2. The summed E-state index contributed by atoms with van der Waals surface area (Å²) in [5, 5.41) is 0. The van der Waals surface area contributed by atoms with Crippen LogP contribution < -0.4 is 9.47 Å². The molecule has 4 heteroatoms. The zero-order valence-electron chi connectivity index (χ0n) is 12.4. The van der Waals surface area contributed by atoms with Crippen molar-refractivity contribution in [2.45, 2.75) is 6.61 Å². The molecule has 0 bridgehead atoms. The maximum absolute atomic E-state index is 12.0. The van der Waals surface area contributed by atoms with Crippen molar-refractivity contribution in [1.29, 1.82) is 0 Å². The molecule has 0 N–H and O–H groups in total. The van der Waals surface area contributed by atoms with Crippen molar-refractivity contribution in [1.82, 2.24) is 4.98 Å². The van der Waals surface area contributed by atoms with Crippen LogP contribution in [-0.4, -0.2) is 11.0 Å². The van der Waals surface area contributed by atoms with E-state index >= 15 is 0 Å². The summed E-state index contributed by atoms with van der Waals surface area (Å²) in [6.07, 6.45) is 1.55. The lowest BCUT2D eigenvalue weighted by molar-refractivity contribution is 0.0734. The van der Waals surface area contributed by atoms with E-state index in [9.17, 15) is 4.79 Å². The fourth-order valence-electron chi connectivity index (χ4n) is 2.01. The van der Waals surface area contributed by atoms with Gasteiger partial charge in [0.15, 0.2) is 0 Å². The molecule has 23 heavy (non-hydrogen) atoms. The monoisotopic (exact) mass is 305 g/mol. The number of ether oxygens (including phenoxy) is 2. The molecule has 0 atom stereocenters. The van der Waals surface area contributed by atoms with Gasteiger partial charge in [0.1, 0.15) is 12.4 Å². The zero-order valence-corrected chi connectivity index (χ0v) is 12.4. The topological polar surface area (TPSA) is 48.4 Å². The van der Waals surface area contributed by atoms with E-state index < -0.39 is 5.97 Å². The third-order valence-corrected chi connectivity index (χ3v) is 3.16. The van der Waals surface area contributed by atoms with Gasteiger partial charge in [-0.05, 0) is 23.8 Å². The summed E-state index contributed by atoms with van der Waals surface area (Å²) in [5.41, 5.74) is 1.54. The minimum absolute atomic E-state index is 0.400. The molecule has 0 aliphatic heterocycles. The number of rotatable bonds is 5. The molecule has 0 unspecified atom stereocenters. The molecular weight excluding hydrogens is 290 g/mol. The van der Waals surface area contributed by atoms with Gasteiger partial charge in [-0.2, -0.15) is 0 Å². The second-order valence-corrected chi connectivity index (χ2v) is 4.86. The fourth-order valence-corrected chi connectivity index (χ4v) is 2.01. The fraction of sp³-hybridized carbons (Fsp3) is 0.0526. The van der Waals surface area contributed by atoms with Crippen molar-refractivity contribution < 1.29 is 14.3 Å². The maximum atomic E-state index is 12.0. The number of pyridine rings is 1. The largest absolute Gasteiger partial charge is 0.473 e. The van der Waals surface area contributed by atoms with Crippen molar-refractivity contribution in [3.05, 3.63) is 90.1 Å². The molecule has 0 fully saturated rings. The normalized spacial score (nSPS) is 10.1. The molecule has 0 spiro atoms. The summed E-state index contributed by atoms with van der Waals surface area (Å²) in [4.78, 5) is 16.1. The number of hydrogen-bond donors (Lipinski definition) is 0. The lowest BCUT2D eigenvalue weighted by atomic mass is 10.2. The second kappa shape index (κ2) is 7.22. The van der Waals surface area contributed by atoms with E-state index in [0.717, 1.165) is 5.56 Å². The first-order valence-electron chi connectivity index (χ1n) is 7.21. The Kier molecular flexibility index (Phi) is 4.64. The Hall–Kier alpha value is -3.14. The first-order valence-corrected chi connectivity index (χ1v) is 7.21. The lowest BCUT2D eigenvalue weighted by Crippen LogP contribution is -2.08. The highest BCUT2D eigenvalue weighted by atomic mass is 16.5. The van der Waals surface area contributed by atoms with Gasteiger partial charge >= 0.3 is 5.97 Å². The van der Waals surface area contributed by atoms with Crippen LogP contribution in [0.25, 0.3) is 0 Å². The van der Waals surface area contributed by atoms with Crippen LogP contribution in [0.1, 0.15) is 15.9 Å². The Labute approximate surface area is 134 Å². The van der Waals surface area contributed by atoms with Gasteiger partial charge in [-0.15, -0.1) is 0 Å². The van der Waals surface area contributed by atoms with Gasteiger partial charge in [-0.3, -0.25) is 0 Å². The van der Waals surface area contributed by atoms with Crippen LogP contribution in [0.5, 0.6) is 11.6 Å². The Morgan fingerprint density at radius 3 is 2.35 bits per heavy atom. The second-order valence-electron chi connectivity index (χ2n) is 4.86. The van der Waals surface area contributed by atoms with Crippen LogP contribution in [0.2, 0.25) is 0 Å². The Balaban J connectivity index is 1.64. The number of aromatic nitrogens is 1. The molecule has 114 valence electrons.